The fourth-order valence-electron chi connectivity index (χ4n) is 2.04. The van der Waals surface area contributed by atoms with Gasteiger partial charge in [-0.3, -0.25) is 0 Å². The van der Waals surface area contributed by atoms with Gasteiger partial charge in [-0.1, -0.05) is 24.4 Å². The first-order chi connectivity index (χ1) is 8.40. The Morgan fingerprint density at radius 2 is 2.06 bits per heavy atom. The predicted molar refractivity (Wildman–Crippen MR) is 76.3 cm³/mol. The van der Waals surface area contributed by atoms with E-state index in [1.54, 1.807) is 13.0 Å². The van der Waals surface area contributed by atoms with E-state index in [1.165, 1.54) is 0 Å². The van der Waals surface area contributed by atoms with Crippen molar-refractivity contribution in [1.82, 2.24) is 4.72 Å². The number of hydrogen-bond acceptors (Lipinski definition) is 3. The van der Waals surface area contributed by atoms with Crippen molar-refractivity contribution in [3.05, 3.63) is 16.0 Å². The molecule has 3 nitrogen and oxygen atoms in total. The maximum Gasteiger partial charge on any atom is 0.250 e. The number of hydrogen-bond donors (Lipinski definition) is 1. The molecule has 0 aromatic carbocycles. The zero-order valence-corrected chi connectivity index (χ0v) is 13.1. The van der Waals surface area contributed by atoms with E-state index in [2.05, 4.69) is 4.72 Å². The molecule has 1 heterocycles. The Morgan fingerprint density at radius 1 is 1.39 bits per heavy atom. The molecule has 102 valence electrons. The van der Waals surface area contributed by atoms with Crippen LogP contribution in [-0.4, -0.2) is 19.8 Å². The highest BCUT2D eigenvalue weighted by Gasteiger charge is 2.29. The van der Waals surface area contributed by atoms with Crippen molar-refractivity contribution in [2.75, 3.05) is 0 Å². The lowest BCUT2D eigenvalue weighted by Crippen LogP contribution is -2.42. The minimum atomic E-state index is -3.49. The molecule has 2 unspecified atom stereocenters. The lowest BCUT2D eigenvalue weighted by atomic mass is 9.96. The number of aryl methyl sites for hydroxylation is 1. The topological polar surface area (TPSA) is 46.2 Å². The Hall–Kier alpha value is 0.190. The fraction of sp³-hybridized carbons (Fsp3) is 0.636. The molecule has 1 aromatic heterocycles. The molecule has 1 aromatic rings. The van der Waals surface area contributed by atoms with E-state index in [1.807, 2.05) is 0 Å². The summed E-state index contributed by atoms with van der Waals surface area (Å²) in [6.07, 6.45) is 3.74. The van der Waals surface area contributed by atoms with Gasteiger partial charge in [0.25, 0.3) is 0 Å². The SMILES string of the molecule is Cc1cc(S(=O)(=O)NC2CCCCC2Cl)sc1Cl. The van der Waals surface area contributed by atoms with Gasteiger partial charge in [-0.25, -0.2) is 13.1 Å². The van der Waals surface area contributed by atoms with Gasteiger partial charge < -0.3 is 0 Å². The maximum atomic E-state index is 12.2. The zero-order chi connectivity index (χ0) is 13.3. The van der Waals surface area contributed by atoms with Gasteiger partial charge in [0.15, 0.2) is 0 Å². The van der Waals surface area contributed by atoms with Gasteiger partial charge >= 0.3 is 0 Å². The molecule has 1 aliphatic carbocycles. The van der Waals surface area contributed by atoms with E-state index in [0.717, 1.165) is 42.6 Å². The molecule has 1 saturated carbocycles. The van der Waals surface area contributed by atoms with E-state index in [4.69, 9.17) is 23.2 Å². The molecule has 2 rings (SSSR count). The standard InChI is InChI=1S/C11H15Cl2NO2S2/c1-7-6-10(17-11(7)13)18(15,16)14-9-5-3-2-4-8(9)12/h6,8-9,14H,2-5H2,1H3. The van der Waals surface area contributed by atoms with Crippen LogP contribution in [0.3, 0.4) is 0 Å². The number of nitrogens with one attached hydrogen (secondary N) is 1. The van der Waals surface area contributed by atoms with Crippen LogP contribution in [0, 0.1) is 6.92 Å². The van der Waals surface area contributed by atoms with Crippen LogP contribution in [0.4, 0.5) is 0 Å². The van der Waals surface area contributed by atoms with Crippen LogP contribution in [0.2, 0.25) is 4.34 Å². The van der Waals surface area contributed by atoms with Crippen LogP contribution in [-0.2, 0) is 10.0 Å². The van der Waals surface area contributed by atoms with Crippen LogP contribution in [0.25, 0.3) is 0 Å². The molecule has 1 aliphatic rings. The summed E-state index contributed by atoms with van der Waals surface area (Å²) < 4.78 is 27.9. The third-order valence-corrected chi connectivity index (χ3v) is 7.13. The van der Waals surface area contributed by atoms with Crippen molar-refractivity contribution >= 4 is 44.6 Å². The first kappa shape index (κ1) is 14.6. The molecule has 0 saturated heterocycles. The van der Waals surface area contributed by atoms with Crippen molar-refractivity contribution in [2.45, 2.75) is 48.2 Å². The summed E-state index contributed by atoms with van der Waals surface area (Å²) in [4.78, 5) is 0. The molecule has 0 spiro atoms. The lowest BCUT2D eigenvalue weighted by molar-refractivity contribution is 0.418. The van der Waals surface area contributed by atoms with Gasteiger partial charge in [-0.15, -0.1) is 22.9 Å². The summed E-state index contributed by atoms with van der Waals surface area (Å²) in [5, 5.41) is -0.120. The highest BCUT2D eigenvalue weighted by atomic mass is 35.5. The van der Waals surface area contributed by atoms with Gasteiger partial charge in [-0.2, -0.15) is 0 Å². The first-order valence-corrected chi connectivity index (χ1v) is 8.94. The quantitative estimate of drug-likeness (QED) is 0.863. The van der Waals surface area contributed by atoms with E-state index < -0.39 is 10.0 Å². The Balaban J connectivity index is 2.16. The molecule has 18 heavy (non-hydrogen) atoms. The Bertz CT molecular complexity index is 508. The molecule has 1 N–H and O–H groups in total. The number of rotatable bonds is 3. The van der Waals surface area contributed by atoms with Crippen molar-refractivity contribution < 1.29 is 8.42 Å². The van der Waals surface area contributed by atoms with Gasteiger partial charge in [-0.05, 0) is 31.4 Å². The lowest BCUT2D eigenvalue weighted by Gasteiger charge is -2.27. The van der Waals surface area contributed by atoms with Gasteiger partial charge in [0.1, 0.15) is 4.21 Å². The van der Waals surface area contributed by atoms with Gasteiger partial charge in [0.05, 0.1) is 4.34 Å². The molecule has 0 bridgehead atoms. The number of sulfonamides is 1. The molecule has 0 aliphatic heterocycles. The second-order valence-electron chi connectivity index (χ2n) is 4.55. The first-order valence-electron chi connectivity index (χ1n) is 5.82. The largest absolute Gasteiger partial charge is 0.250 e. The van der Waals surface area contributed by atoms with Crippen molar-refractivity contribution in [3.8, 4) is 0 Å². The molecule has 0 radical (unpaired) electrons. The minimum absolute atomic E-state index is 0.120. The van der Waals surface area contributed by atoms with Crippen molar-refractivity contribution in [3.63, 3.8) is 0 Å². The molecule has 2 atom stereocenters. The van der Waals surface area contributed by atoms with Crippen LogP contribution in [0.5, 0.6) is 0 Å². The van der Waals surface area contributed by atoms with Gasteiger partial charge in [0.2, 0.25) is 10.0 Å². The third kappa shape index (κ3) is 3.20. The predicted octanol–water partition coefficient (Wildman–Crippen LogP) is 3.54. The number of alkyl halides is 1. The van der Waals surface area contributed by atoms with Gasteiger partial charge in [0, 0.05) is 11.4 Å². The van der Waals surface area contributed by atoms with Crippen LogP contribution in [0.15, 0.2) is 10.3 Å². The normalized spacial score (nSPS) is 25.3. The number of thiophene rings is 1. The summed E-state index contributed by atoms with van der Waals surface area (Å²) in [6.45, 7) is 1.79. The van der Waals surface area contributed by atoms with E-state index in [-0.39, 0.29) is 15.6 Å². The summed E-state index contributed by atoms with van der Waals surface area (Å²) >= 11 is 13.2. The van der Waals surface area contributed by atoms with E-state index in [0.29, 0.717) is 4.34 Å². The average Bonchev–Trinajstić information content (AvgIpc) is 2.63. The summed E-state index contributed by atoms with van der Waals surface area (Å²) in [7, 11) is -3.49. The summed E-state index contributed by atoms with van der Waals surface area (Å²) in [6, 6.07) is 1.42. The second kappa shape index (κ2) is 5.67. The summed E-state index contributed by atoms with van der Waals surface area (Å²) in [5.41, 5.74) is 0.785. The monoisotopic (exact) mass is 327 g/mol. The molecule has 1 fully saturated rings. The number of halogens is 2. The highest BCUT2D eigenvalue weighted by molar-refractivity contribution is 7.91. The molecule has 0 amide bonds. The van der Waals surface area contributed by atoms with E-state index >= 15 is 0 Å². The van der Waals surface area contributed by atoms with Crippen LogP contribution >= 0.6 is 34.5 Å². The molecular weight excluding hydrogens is 313 g/mol. The van der Waals surface area contributed by atoms with E-state index in [9.17, 15) is 8.42 Å². The van der Waals surface area contributed by atoms with Crippen molar-refractivity contribution in [1.29, 1.82) is 0 Å². The van der Waals surface area contributed by atoms with Crippen LogP contribution < -0.4 is 4.72 Å². The Labute approximate surface area is 122 Å². The smallest absolute Gasteiger partial charge is 0.206 e. The van der Waals surface area contributed by atoms with Crippen LogP contribution in [0.1, 0.15) is 31.2 Å². The average molecular weight is 328 g/mol. The Kier molecular flexibility index (Phi) is 4.60. The summed E-state index contributed by atoms with van der Waals surface area (Å²) in [5.74, 6) is 0. The third-order valence-electron chi connectivity index (χ3n) is 3.09. The zero-order valence-electron chi connectivity index (χ0n) is 9.95. The maximum absolute atomic E-state index is 12.2. The minimum Gasteiger partial charge on any atom is -0.206 e. The fourth-order valence-corrected chi connectivity index (χ4v) is 5.49. The van der Waals surface area contributed by atoms with Crippen molar-refractivity contribution in [2.24, 2.45) is 0 Å². The highest BCUT2D eigenvalue weighted by Crippen LogP contribution is 2.31. The second-order valence-corrected chi connectivity index (χ2v) is 8.71. The molecular formula is C11H15Cl2NO2S2. The molecule has 7 heteroatoms. The Morgan fingerprint density at radius 3 is 2.61 bits per heavy atom.